The van der Waals surface area contributed by atoms with Crippen molar-refractivity contribution in [2.24, 2.45) is 0 Å². The van der Waals surface area contributed by atoms with Gasteiger partial charge in [-0.1, -0.05) is 0 Å². The molecule has 0 saturated carbocycles. The van der Waals surface area contributed by atoms with Crippen molar-refractivity contribution in [1.82, 2.24) is 19.3 Å². The molecule has 2 aromatic heterocycles. The van der Waals surface area contributed by atoms with Gasteiger partial charge in [0.1, 0.15) is 5.52 Å². The molecule has 0 atom stereocenters. The van der Waals surface area contributed by atoms with Crippen LogP contribution in [0.25, 0.3) is 11.2 Å². The molecule has 0 aliphatic carbocycles. The fourth-order valence-electron chi connectivity index (χ4n) is 2.06. The lowest BCUT2D eigenvalue weighted by Crippen LogP contribution is -2.14. The Labute approximate surface area is 107 Å². The third-order valence-electron chi connectivity index (χ3n) is 2.89. The summed E-state index contributed by atoms with van der Waals surface area (Å²) in [5.74, 6) is 0.528. The number of nitrogens with two attached hydrogens (primary N) is 1. The van der Waals surface area contributed by atoms with Crippen molar-refractivity contribution in [2.45, 2.75) is 46.9 Å². The maximum absolute atomic E-state index is 5.96. The van der Waals surface area contributed by atoms with Gasteiger partial charge in [-0.3, -0.25) is 4.57 Å². The molecule has 0 amide bonds. The lowest BCUT2D eigenvalue weighted by Gasteiger charge is -2.10. The van der Waals surface area contributed by atoms with Crippen molar-refractivity contribution < 1.29 is 4.74 Å². The molecule has 0 unspecified atom stereocenters. The zero-order chi connectivity index (χ0) is 13.3. The van der Waals surface area contributed by atoms with Gasteiger partial charge in [-0.15, -0.1) is 0 Å². The molecule has 2 heterocycles. The fraction of sp³-hybridized carbons (Fsp3) is 0.667. The summed E-state index contributed by atoms with van der Waals surface area (Å²) in [7, 11) is 0. The molecule has 2 rings (SSSR count). The highest BCUT2D eigenvalue weighted by atomic mass is 16.5. The molecule has 100 valence electrons. The molecule has 6 heteroatoms. The molecule has 2 aromatic rings. The standard InChI is InChI=1S/C12H21N5O/c1-5-17-11-10(9(4)15-17)14-12(13)16(11)6-7-18-8(2)3/h8H,5-7H2,1-4H3,(H2,13,14). The normalized spacial score (nSPS) is 11.8. The smallest absolute Gasteiger partial charge is 0.202 e. The van der Waals surface area contributed by atoms with Gasteiger partial charge in [0, 0.05) is 6.54 Å². The van der Waals surface area contributed by atoms with E-state index in [0.717, 1.165) is 23.4 Å². The predicted molar refractivity (Wildman–Crippen MR) is 71.4 cm³/mol. The maximum Gasteiger partial charge on any atom is 0.202 e. The van der Waals surface area contributed by atoms with Gasteiger partial charge in [0.2, 0.25) is 5.95 Å². The molecule has 0 bridgehead atoms. The van der Waals surface area contributed by atoms with Crippen LogP contribution in [0, 0.1) is 6.92 Å². The Morgan fingerprint density at radius 1 is 1.39 bits per heavy atom. The van der Waals surface area contributed by atoms with E-state index in [1.54, 1.807) is 0 Å². The van der Waals surface area contributed by atoms with Crippen LogP contribution in [0.15, 0.2) is 0 Å². The van der Waals surface area contributed by atoms with E-state index in [1.165, 1.54) is 0 Å². The van der Waals surface area contributed by atoms with Crippen LogP contribution in [0.4, 0.5) is 5.95 Å². The van der Waals surface area contributed by atoms with Crippen molar-refractivity contribution in [2.75, 3.05) is 12.3 Å². The zero-order valence-corrected chi connectivity index (χ0v) is 11.5. The number of aryl methyl sites for hydroxylation is 2. The summed E-state index contributed by atoms with van der Waals surface area (Å²) >= 11 is 0. The Kier molecular flexibility index (Phi) is 3.56. The summed E-state index contributed by atoms with van der Waals surface area (Å²) in [6.45, 7) is 10.2. The number of rotatable bonds is 5. The molecule has 0 radical (unpaired) electrons. The number of fused-ring (bicyclic) bond motifs is 1. The van der Waals surface area contributed by atoms with E-state index in [9.17, 15) is 0 Å². The molecule has 0 aliphatic heterocycles. The number of anilines is 1. The summed E-state index contributed by atoms with van der Waals surface area (Å²) in [5.41, 5.74) is 8.75. The van der Waals surface area contributed by atoms with Gasteiger partial charge >= 0.3 is 0 Å². The van der Waals surface area contributed by atoms with Crippen LogP contribution in [-0.2, 0) is 17.8 Å². The van der Waals surface area contributed by atoms with E-state index in [-0.39, 0.29) is 6.10 Å². The van der Waals surface area contributed by atoms with Gasteiger partial charge in [0.15, 0.2) is 5.65 Å². The lowest BCUT2D eigenvalue weighted by molar-refractivity contribution is 0.0734. The molecule has 0 fully saturated rings. The molecular formula is C12H21N5O. The third kappa shape index (κ3) is 2.20. The molecule has 0 aliphatic rings. The van der Waals surface area contributed by atoms with E-state index in [4.69, 9.17) is 10.5 Å². The molecule has 2 N–H and O–H groups in total. The highest BCUT2D eigenvalue weighted by Crippen LogP contribution is 2.20. The Hall–Kier alpha value is -1.56. The first-order valence-corrected chi connectivity index (χ1v) is 6.35. The number of nitrogens with zero attached hydrogens (tertiary/aromatic N) is 4. The first kappa shape index (κ1) is 12.9. The molecule has 18 heavy (non-hydrogen) atoms. The number of aromatic nitrogens is 4. The minimum atomic E-state index is 0.225. The maximum atomic E-state index is 5.96. The van der Waals surface area contributed by atoms with Gasteiger partial charge in [-0.25, -0.2) is 9.67 Å². The average Bonchev–Trinajstić information content (AvgIpc) is 2.78. The van der Waals surface area contributed by atoms with Gasteiger partial charge in [-0.2, -0.15) is 5.10 Å². The summed E-state index contributed by atoms with van der Waals surface area (Å²) in [6.07, 6.45) is 0.225. The number of hydrogen-bond acceptors (Lipinski definition) is 4. The molecule has 6 nitrogen and oxygen atoms in total. The fourth-order valence-corrected chi connectivity index (χ4v) is 2.06. The summed E-state index contributed by atoms with van der Waals surface area (Å²) in [5, 5.41) is 4.45. The van der Waals surface area contributed by atoms with Crippen LogP contribution in [0.5, 0.6) is 0 Å². The van der Waals surface area contributed by atoms with Gasteiger partial charge < -0.3 is 10.5 Å². The first-order valence-electron chi connectivity index (χ1n) is 6.35. The molecule has 0 aromatic carbocycles. The predicted octanol–water partition coefficient (Wildman–Crippen LogP) is 1.57. The van der Waals surface area contributed by atoms with Crippen LogP contribution in [0.2, 0.25) is 0 Å². The van der Waals surface area contributed by atoms with E-state index in [2.05, 4.69) is 17.0 Å². The van der Waals surface area contributed by atoms with Crippen molar-refractivity contribution in [3.63, 3.8) is 0 Å². The largest absolute Gasteiger partial charge is 0.377 e. The lowest BCUT2D eigenvalue weighted by atomic mass is 10.4. The van der Waals surface area contributed by atoms with Crippen molar-refractivity contribution in [1.29, 1.82) is 0 Å². The second-order valence-electron chi connectivity index (χ2n) is 4.61. The topological polar surface area (TPSA) is 70.9 Å². The highest BCUT2D eigenvalue weighted by Gasteiger charge is 2.16. The monoisotopic (exact) mass is 251 g/mol. The molecular weight excluding hydrogens is 230 g/mol. The first-order chi connectivity index (χ1) is 8.54. The van der Waals surface area contributed by atoms with Gasteiger partial charge in [0.25, 0.3) is 0 Å². The SMILES string of the molecule is CCn1nc(C)c2nc(N)n(CCOC(C)C)c21. The van der Waals surface area contributed by atoms with Crippen molar-refractivity contribution in [3.8, 4) is 0 Å². The molecule has 0 saturated heterocycles. The van der Waals surface area contributed by atoms with Gasteiger partial charge in [0.05, 0.1) is 24.9 Å². The number of nitrogen functional groups attached to an aromatic ring is 1. The van der Waals surface area contributed by atoms with E-state index < -0.39 is 0 Å². The summed E-state index contributed by atoms with van der Waals surface area (Å²) in [4.78, 5) is 4.38. The number of ether oxygens (including phenoxy) is 1. The van der Waals surface area contributed by atoms with E-state index in [1.807, 2.05) is 30.0 Å². The highest BCUT2D eigenvalue weighted by molar-refractivity contribution is 5.77. The Morgan fingerprint density at radius 3 is 2.72 bits per heavy atom. The van der Waals surface area contributed by atoms with Crippen molar-refractivity contribution in [3.05, 3.63) is 5.69 Å². The summed E-state index contributed by atoms with van der Waals surface area (Å²) in [6, 6.07) is 0. The van der Waals surface area contributed by atoms with E-state index >= 15 is 0 Å². The van der Waals surface area contributed by atoms with Crippen LogP contribution in [-0.4, -0.2) is 32.0 Å². The summed E-state index contributed by atoms with van der Waals surface area (Å²) < 4.78 is 9.47. The van der Waals surface area contributed by atoms with Crippen molar-refractivity contribution >= 4 is 17.1 Å². The minimum Gasteiger partial charge on any atom is -0.377 e. The third-order valence-corrected chi connectivity index (χ3v) is 2.89. The molecule has 0 spiro atoms. The number of hydrogen-bond donors (Lipinski definition) is 1. The second-order valence-corrected chi connectivity index (χ2v) is 4.61. The van der Waals surface area contributed by atoms with Crippen LogP contribution in [0.1, 0.15) is 26.5 Å². The average molecular weight is 251 g/mol. The van der Waals surface area contributed by atoms with Crippen LogP contribution >= 0.6 is 0 Å². The van der Waals surface area contributed by atoms with Crippen LogP contribution in [0.3, 0.4) is 0 Å². The van der Waals surface area contributed by atoms with E-state index in [0.29, 0.717) is 19.1 Å². The minimum absolute atomic E-state index is 0.225. The zero-order valence-electron chi connectivity index (χ0n) is 11.5. The Balaban J connectivity index is 2.33. The quantitative estimate of drug-likeness (QED) is 0.875. The Morgan fingerprint density at radius 2 is 2.11 bits per heavy atom. The van der Waals surface area contributed by atoms with Crippen LogP contribution < -0.4 is 5.73 Å². The van der Waals surface area contributed by atoms with Gasteiger partial charge in [-0.05, 0) is 27.7 Å². The Bertz CT molecular complexity index is 540. The second kappa shape index (κ2) is 4.97. The number of imidazole rings is 1.